The fourth-order valence-electron chi connectivity index (χ4n) is 4.93. The van der Waals surface area contributed by atoms with Crippen molar-refractivity contribution < 1.29 is 4.74 Å². The molecule has 5 rings (SSSR count). The van der Waals surface area contributed by atoms with Gasteiger partial charge < -0.3 is 4.74 Å². The zero-order valence-corrected chi connectivity index (χ0v) is 17.4. The number of fused-ring (bicyclic) bond motifs is 2. The minimum Gasteiger partial charge on any atom is -0.489 e. The Labute approximate surface area is 179 Å². The molecule has 0 spiro atoms. The maximum Gasteiger partial charge on any atom is 0.120 e. The van der Waals surface area contributed by atoms with Crippen molar-refractivity contribution in [2.75, 3.05) is 0 Å². The van der Waals surface area contributed by atoms with E-state index in [-0.39, 0.29) is 0 Å². The average Bonchev–Trinajstić information content (AvgIpc) is 3.02. The zero-order chi connectivity index (χ0) is 20.2. The van der Waals surface area contributed by atoms with Gasteiger partial charge in [0.05, 0.1) is 0 Å². The van der Waals surface area contributed by atoms with Crippen LogP contribution in [-0.4, -0.2) is 17.0 Å². The van der Waals surface area contributed by atoms with Crippen LogP contribution in [0, 0.1) is 0 Å². The fourth-order valence-corrected chi connectivity index (χ4v) is 4.93. The second-order valence-electron chi connectivity index (χ2n) is 8.58. The van der Waals surface area contributed by atoms with Crippen LogP contribution >= 0.6 is 0 Å². The molecule has 0 saturated carbocycles. The van der Waals surface area contributed by atoms with Crippen LogP contribution in [0.25, 0.3) is 0 Å². The van der Waals surface area contributed by atoms with Crippen LogP contribution in [0.2, 0.25) is 0 Å². The first-order valence-electron chi connectivity index (χ1n) is 11.1. The lowest BCUT2D eigenvalue weighted by atomic mass is 9.94. The van der Waals surface area contributed by atoms with Crippen LogP contribution in [0.5, 0.6) is 5.75 Å². The van der Waals surface area contributed by atoms with Crippen molar-refractivity contribution >= 4 is 0 Å². The van der Waals surface area contributed by atoms with Crippen LogP contribution < -0.4 is 4.74 Å². The monoisotopic (exact) mass is 395 g/mol. The van der Waals surface area contributed by atoms with E-state index >= 15 is 0 Å². The summed E-state index contributed by atoms with van der Waals surface area (Å²) in [5, 5.41) is 0. The van der Waals surface area contributed by atoms with E-state index in [1.807, 2.05) is 6.07 Å². The third-order valence-corrected chi connectivity index (χ3v) is 6.40. The maximum atomic E-state index is 6.03. The summed E-state index contributed by atoms with van der Waals surface area (Å²) in [6.07, 6.45) is 7.38. The van der Waals surface area contributed by atoms with Crippen LogP contribution in [0.4, 0.5) is 0 Å². The summed E-state index contributed by atoms with van der Waals surface area (Å²) in [5.74, 6) is 0.960. The third-order valence-electron chi connectivity index (χ3n) is 6.40. The van der Waals surface area contributed by atoms with Gasteiger partial charge in [-0.1, -0.05) is 84.4 Å². The molecule has 2 aliphatic rings. The van der Waals surface area contributed by atoms with Gasteiger partial charge >= 0.3 is 0 Å². The largest absolute Gasteiger partial charge is 0.489 e. The first kappa shape index (κ1) is 19.1. The van der Waals surface area contributed by atoms with Gasteiger partial charge in [0.15, 0.2) is 0 Å². The van der Waals surface area contributed by atoms with Gasteiger partial charge in [0, 0.05) is 18.6 Å². The predicted molar refractivity (Wildman–Crippen MR) is 122 cm³/mol. The first-order chi connectivity index (χ1) is 14.8. The Morgan fingerprint density at radius 2 is 1.50 bits per heavy atom. The minimum atomic E-state index is 0.594. The fraction of sp³-hybridized carbons (Fsp3) is 0.286. The number of nitrogens with zero attached hydrogens (tertiary/aromatic N) is 1. The third kappa shape index (κ3) is 4.49. The van der Waals surface area contributed by atoms with Gasteiger partial charge in [-0.05, 0) is 54.5 Å². The molecule has 2 atom stereocenters. The van der Waals surface area contributed by atoms with Gasteiger partial charge in [-0.15, -0.1) is 0 Å². The summed E-state index contributed by atoms with van der Waals surface area (Å²) in [4.78, 5) is 2.71. The molecule has 152 valence electrons. The molecule has 1 saturated heterocycles. The van der Waals surface area contributed by atoms with Crippen molar-refractivity contribution in [3.05, 3.63) is 113 Å². The smallest absolute Gasteiger partial charge is 0.120 e. The van der Waals surface area contributed by atoms with Gasteiger partial charge in [0.2, 0.25) is 0 Å². The maximum absolute atomic E-state index is 6.03. The second-order valence-corrected chi connectivity index (χ2v) is 8.58. The number of benzene rings is 3. The molecule has 3 aromatic rings. The topological polar surface area (TPSA) is 12.5 Å². The molecule has 2 nitrogen and oxygen atoms in total. The Balaban J connectivity index is 1.23. The highest BCUT2D eigenvalue weighted by Gasteiger charge is 2.36. The SMILES string of the molecule is C1=C(Cc2cccc(OCc3ccccc3)c2)CC2CCC1N2Cc1ccccc1. The zero-order valence-electron chi connectivity index (χ0n) is 17.4. The van der Waals surface area contributed by atoms with Crippen molar-refractivity contribution in [3.63, 3.8) is 0 Å². The minimum absolute atomic E-state index is 0.594. The molecule has 2 unspecified atom stereocenters. The Bertz CT molecular complexity index is 995. The lowest BCUT2D eigenvalue weighted by Crippen LogP contribution is -2.38. The van der Waals surface area contributed by atoms with Crippen molar-refractivity contribution in [1.29, 1.82) is 0 Å². The van der Waals surface area contributed by atoms with Crippen molar-refractivity contribution in [2.24, 2.45) is 0 Å². The number of hydrogen-bond donors (Lipinski definition) is 0. The summed E-state index contributed by atoms with van der Waals surface area (Å²) in [5.41, 5.74) is 5.57. The van der Waals surface area contributed by atoms with Crippen molar-refractivity contribution in [1.82, 2.24) is 4.90 Å². The number of rotatable bonds is 7. The normalized spacial score (nSPS) is 20.7. The Morgan fingerprint density at radius 1 is 0.767 bits per heavy atom. The van der Waals surface area contributed by atoms with Gasteiger partial charge in [-0.3, -0.25) is 4.90 Å². The Morgan fingerprint density at radius 3 is 2.27 bits per heavy atom. The van der Waals surface area contributed by atoms with E-state index < -0.39 is 0 Å². The summed E-state index contributed by atoms with van der Waals surface area (Å²) in [7, 11) is 0. The van der Waals surface area contributed by atoms with Gasteiger partial charge in [0.25, 0.3) is 0 Å². The lowest BCUT2D eigenvalue weighted by Gasteiger charge is -2.34. The van der Waals surface area contributed by atoms with Crippen LogP contribution in [0.15, 0.2) is 96.6 Å². The molecule has 1 fully saturated rings. The molecule has 0 aliphatic carbocycles. The molecule has 2 heterocycles. The molecule has 3 aromatic carbocycles. The molecule has 0 radical (unpaired) electrons. The lowest BCUT2D eigenvalue weighted by molar-refractivity contribution is 0.194. The van der Waals surface area contributed by atoms with Crippen LogP contribution in [-0.2, 0) is 19.6 Å². The van der Waals surface area contributed by atoms with E-state index in [1.165, 1.54) is 36.0 Å². The Hall–Kier alpha value is -2.84. The number of hydrogen-bond acceptors (Lipinski definition) is 2. The molecule has 30 heavy (non-hydrogen) atoms. The van der Waals surface area contributed by atoms with Crippen LogP contribution in [0.1, 0.15) is 36.0 Å². The summed E-state index contributed by atoms with van der Waals surface area (Å²) < 4.78 is 6.03. The van der Waals surface area contributed by atoms with Gasteiger partial charge in [-0.25, -0.2) is 0 Å². The molecule has 0 aromatic heterocycles. The summed E-state index contributed by atoms with van der Waals surface area (Å²) in [6.45, 7) is 1.69. The van der Waals surface area contributed by atoms with E-state index in [9.17, 15) is 0 Å². The standard InChI is InChI=1S/C28H29NO/c1-3-8-22(9-4-1)20-29-26-14-15-27(29)18-25(17-26)16-24-12-7-13-28(19-24)30-21-23-10-5-2-6-11-23/h1-13,17,19,26-27H,14-16,18,20-21H2. The van der Waals surface area contributed by atoms with E-state index in [4.69, 9.17) is 4.74 Å². The first-order valence-corrected chi connectivity index (χ1v) is 11.1. The average molecular weight is 396 g/mol. The summed E-state index contributed by atoms with van der Waals surface area (Å²) >= 11 is 0. The second kappa shape index (κ2) is 8.89. The molecular weight excluding hydrogens is 366 g/mol. The molecular formula is C28H29NO. The number of ether oxygens (including phenoxy) is 1. The summed E-state index contributed by atoms with van der Waals surface area (Å²) in [6, 6.07) is 31.2. The van der Waals surface area contributed by atoms with Crippen LogP contribution in [0.3, 0.4) is 0 Å². The van der Waals surface area contributed by atoms with E-state index in [0.717, 1.165) is 18.7 Å². The highest BCUT2D eigenvalue weighted by molar-refractivity contribution is 5.33. The molecule has 0 amide bonds. The van der Waals surface area contributed by atoms with Gasteiger partial charge in [-0.2, -0.15) is 0 Å². The van der Waals surface area contributed by atoms with Crippen molar-refractivity contribution in [3.8, 4) is 5.75 Å². The highest BCUT2D eigenvalue weighted by atomic mass is 16.5. The van der Waals surface area contributed by atoms with Gasteiger partial charge in [0.1, 0.15) is 12.4 Å². The molecule has 2 heteroatoms. The highest BCUT2D eigenvalue weighted by Crippen LogP contribution is 2.37. The Kier molecular flexibility index (Phi) is 5.67. The molecule has 2 aliphatic heterocycles. The quantitative estimate of drug-likeness (QED) is 0.444. The molecule has 2 bridgehead atoms. The molecule has 0 N–H and O–H groups in total. The van der Waals surface area contributed by atoms with E-state index in [2.05, 4.69) is 89.8 Å². The van der Waals surface area contributed by atoms with Crippen molar-refractivity contribution in [2.45, 2.75) is 50.9 Å². The predicted octanol–water partition coefficient (Wildman–Crippen LogP) is 6.17. The van der Waals surface area contributed by atoms with E-state index in [0.29, 0.717) is 18.7 Å². The van der Waals surface area contributed by atoms with E-state index in [1.54, 1.807) is 5.57 Å².